The Morgan fingerprint density at radius 2 is 1.84 bits per heavy atom. The molecule has 1 aliphatic rings. The van der Waals surface area contributed by atoms with Crippen molar-refractivity contribution >= 4 is 27.3 Å². The van der Waals surface area contributed by atoms with Crippen LogP contribution in [0.2, 0.25) is 0 Å². The molecule has 5 heteroatoms. The van der Waals surface area contributed by atoms with Gasteiger partial charge in [-0.3, -0.25) is 0 Å². The molecule has 0 radical (unpaired) electrons. The number of hydrogen-bond donors (Lipinski definition) is 1. The van der Waals surface area contributed by atoms with Gasteiger partial charge in [0.15, 0.2) is 0 Å². The summed E-state index contributed by atoms with van der Waals surface area (Å²) in [4.78, 5) is 2.36. The van der Waals surface area contributed by atoms with Crippen LogP contribution in [0.5, 0.6) is 5.75 Å². The van der Waals surface area contributed by atoms with Gasteiger partial charge in [-0.1, -0.05) is 6.07 Å². The highest BCUT2D eigenvalue weighted by Crippen LogP contribution is 2.27. The van der Waals surface area contributed by atoms with Gasteiger partial charge in [-0.15, -0.1) is 0 Å². The monoisotopic (exact) mass is 404 g/mol. The van der Waals surface area contributed by atoms with Crippen LogP contribution in [0.4, 0.5) is 11.4 Å². The first kappa shape index (κ1) is 18.1. The van der Waals surface area contributed by atoms with Crippen LogP contribution in [0.1, 0.15) is 19.4 Å². The standard InChI is InChI=1S/C20H25BrN2O2/c1-15(2)25-20-8-3-16(13-19(20)21)14-22-17-4-6-18(7-5-17)23-9-11-24-12-10-23/h3-8,13,15,22H,9-12,14H2,1-2H3. The molecule has 0 bridgehead atoms. The Hall–Kier alpha value is -1.72. The molecule has 0 amide bonds. The van der Waals surface area contributed by atoms with Crippen LogP contribution >= 0.6 is 15.9 Å². The summed E-state index contributed by atoms with van der Waals surface area (Å²) in [6.45, 7) is 8.39. The molecule has 4 nitrogen and oxygen atoms in total. The number of ether oxygens (including phenoxy) is 2. The van der Waals surface area contributed by atoms with Crippen molar-refractivity contribution in [1.29, 1.82) is 0 Å². The fourth-order valence-corrected chi connectivity index (χ4v) is 3.34. The first-order valence-electron chi connectivity index (χ1n) is 8.73. The van der Waals surface area contributed by atoms with Gasteiger partial charge in [0.05, 0.1) is 23.8 Å². The maximum absolute atomic E-state index is 5.75. The fourth-order valence-electron chi connectivity index (χ4n) is 2.82. The molecule has 2 aromatic rings. The van der Waals surface area contributed by atoms with Crippen molar-refractivity contribution in [2.45, 2.75) is 26.5 Å². The third-order valence-electron chi connectivity index (χ3n) is 4.10. The van der Waals surface area contributed by atoms with Gasteiger partial charge in [-0.2, -0.15) is 0 Å². The minimum absolute atomic E-state index is 0.172. The van der Waals surface area contributed by atoms with Crippen LogP contribution in [0, 0.1) is 0 Å². The van der Waals surface area contributed by atoms with Crippen molar-refractivity contribution in [2.24, 2.45) is 0 Å². The van der Waals surface area contributed by atoms with Crippen LogP contribution in [-0.4, -0.2) is 32.4 Å². The van der Waals surface area contributed by atoms with Gasteiger partial charge in [0.2, 0.25) is 0 Å². The van der Waals surface area contributed by atoms with Gasteiger partial charge in [-0.25, -0.2) is 0 Å². The summed E-state index contributed by atoms with van der Waals surface area (Å²) in [5, 5.41) is 3.47. The average Bonchev–Trinajstić information content (AvgIpc) is 2.63. The van der Waals surface area contributed by atoms with E-state index in [9.17, 15) is 0 Å². The third-order valence-corrected chi connectivity index (χ3v) is 4.72. The molecule has 0 aromatic heterocycles. The zero-order valence-electron chi connectivity index (χ0n) is 14.8. The zero-order valence-corrected chi connectivity index (χ0v) is 16.4. The minimum Gasteiger partial charge on any atom is -0.490 e. The molecule has 0 aliphatic carbocycles. The summed E-state index contributed by atoms with van der Waals surface area (Å²) in [6.07, 6.45) is 0.172. The van der Waals surface area contributed by atoms with Crippen molar-refractivity contribution in [1.82, 2.24) is 0 Å². The maximum Gasteiger partial charge on any atom is 0.133 e. The summed E-state index contributed by atoms with van der Waals surface area (Å²) >= 11 is 3.59. The van der Waals surface area contributed by atoms with Gasteiger partial charge < -0.3 is 19.7 Å². The summed E-state index contributed by atoms with van der Waals surface area (Å²) < 4.78 is 12.1. The lowest BCUT2D eigenvalue weighted by atomic mass is 10.2. The molecule has 0 unspecified atom stereocenters. The Bertz CT molecular complexity index is 683. The molecule has 3 rings (SSSR count). The summed E-state index contributed by atoms with van der Waals surface area (Å²) in [5.74, 6) is 0.883. The molecule has 0 atom stereocenters. The summed E-state index contributed by atoms with van der Waals surface area (Å²) in [7, 11) is 0. The van der Waals surface area contributed by atoms with E-state index in [1.165, 1.54) is 11.3 Å². The molecule has 1 heterocycles. The van der Waals surface area contributed by atoms with E-state index in [-0.39, 0.29) is 6.10 Å². The van der Waals surface area contributed by atoms with Gasteiger partial charge in [0, 0.05) is 31.0 Å². The third kappa shape index (κ3) is 5.13. The highest BCUT2D eigenvalue weighted by atomic mass is 79.9. The predicted molar refractivity (Wildman–Crippen MR) is 107 cm³/mol. The summed E-state index contributed by atoms with van der Waals surface area (Å²) in [5.41, 5.74) is 3.59. The van der Waals surface area contributed by atoms with E-state index in [1.54, 1.807) is 0 Å². The summed E-state index contributed by atoms with van der Waals surface area (Å²) in [6, 6.07) is 14.8. The largest absolute Gasteiger partial charge is 0.490 e. The number of hydrogen-bond acceptors (Lipinski definition) is 4. The van der Waals surface area contributed by atoms with Gasteiger partial charge in [-0.05, 0) is 71.7 Å². The second-order valence-corrected chi connectivity index (χ2v) is 7.29. The van der Waals surface area contributed by atoms with Crippen molar-refractivity contribution in [3.05, 3.63) is 52.5 Å². The predicted octanol–water partition coefficient (Wildman–Crippen LogP) is 4.69. The maximum atomic E-state index is 5.75. The van der Waals surface area contributed by atoms with Crippen LogP contribution in [0.25, 0.3) is 0 Å². The Kier molecular flexibility index (Phi) is 6.21. The quantitative estimate of drug-likeness (QED) is 0.757. The molecule has 1 fully saturated rings. The first-order chi connectivity index (χ1) is 12.1. The Balaban J connectivity index is 1.57. The van der Waals surface area contributed by atoms with Gasteiger partial charge in [0.1, 0.15) is 5.75 Å². The minimum atomic E-state index is 0.172. The first-order valence-corrected chi connectivity index (χ1v) is 9.53. The van der Waals surface area contributed by atoms with Crippen molar-refractivity contribution in [2.75, 3.05) is 36.5 Å². The van der Waals surface area contributed by atoms with Crippen LogP contribution < -0.4 is 15.0 Å². The molecular weight excluding hydrogens is 380 g/mol. The molecule has 1 saturated heterocycles. The number of nitrogens with zero attached hydrogens (tertiary/aromatic N) is 1. The number of rotatable bonds is 6. The van der Waals surface area contributed by atoms with E-state index in [2.05, 4.69) is 62.5 Å². The second kappa shape index (κ2) is 8.59. The molecule has 1 N–H and O–H groups in total. The zero-order chi connectivity index (χ0) is 17.6. The lowest BCUT2D eigenvalue weighted by Crippen LogP contribution is -2.36. The molecular formula is C20H25BrN2O2. The molecule has 0 spiro atoms. The van der Waals surface area contributed by atoms with E-state index in [0.717, 1.165) is 48.8 Å². The smallest absolute Gasteiger partial charge is 0.133 e. The van der Waals surface area contributed by atoms with Crippen LogP contribution in [0.15, 0.2) is 46.9 Å². The average molecular weight is 405 g/mol. The molecule has 25 heavy (non-hydrogen) atoms. The van der Waals surface area contributed by atoms with Crippen molar-refractivity contribution in [3.63, 3.8) is 0 Å². The SMILES string of the molecule is CC(C)Oc1ccc(CNc2ccc(N3CCOCC3)cc2)cc1Br. The Morgan fingerprint density at radius 1 is 1.12 bits per heavy atom. The number of benzene rings is 2. The van der Waals surface area contributed by atoms with Crippen LogP contribution in [0.3, 0.4) is 0 Å². The molecule has 134 valence electrons. The normalized spacial score (nSPS) is 14.6. The van der Waals surface area contributed by atoms with Crippen molar-refractivity contribution in [3.8, 4) is 5.75 Å². The second-order valence-electron chi connectivity index (χ2n) is 6.43. The Morgan fingerprint density at radius 3 is 2.48 bits per heavy atom. The van der Waals surface area contributed by atoms with E-state index in [0.29, 0.717) is 0 Å². The fraction of sp³-hybridized carbons (Fsp3) is 0.400. The number of anilines is 2. The molecule has 2 aromatic carbocycles. The lowest BCUT2D eigenvalue weighted by molar-refractivity contribution is 0.122. The Labute approximate surface area is 158 Å². The van der Waals surface area contributed by atoms with Gasteiger partial charge >= 0.3 is 0 Å². The number of morpholine rings is 1. The van der Waals surface area contributed by atoms with E-state index in [4.69, 9.17) is 9.47 Å². The van der Waals surface area contributed by atoms with Crippen molar-refractivity contribution < 1.29 is 9.47 Å². The number of halogens is 1. The molecule has 1 aliphatic heterocycles. The van der Waals surface area contributed by atoms with Gasteiger partial charge in [0.25, 0.3) is 0 Å². The lowest BCUT2D eigenvalue weighted by Gasteiger charge is -2.28. The van der Waals surface area contributed by atoms with E-state index >= 15 is 0 Å². The topological polar surface area (TPSA) is 33.7 Å². The highest BCUT2D eigenvalue weighted by molar-refractivity contribution is 9.10. The van der Waals surface area contributed by atoms with E-state index < -0.39 is 0 Å². The number of nitrogens with one attached hydrogen (secondary N) is 1. The highest BCUT2D eigenvalue weighted by Gasteiger charge is 2.10. The van der Waals surface area contributed by atoms with E-state index in [1.807, 2.05) is 19.9 Å². The van der Waals surface area contributed by atoms with Crippen LogP contribution in [-0.2, 0) is 11.3 Å². The molecule has 0 saturated carbocycles.